The minimum Gasteiger partial charge on any atom is -0.456 e. The lowest BCUT2D eigenvalue weighted by atomic mass is 9.91. The van der Waals surface area contributed by atoms with E-state index in [1.165, 1.54) is 43.4 Å². The van der Waals surface area contributed by atoms with Gasteiger partial charge in [-0.25, -0.2) is 15.0 Å². The van der Waals surface area contributed by atoms with E-state index in [9.17, 15) is 0 Å². The number of aromatic nitrogens is 6. The fourth-order valence-corrected chi connectivity index (χ4v) is 22.2. The summed E-state index contributed by atoms with van der Waals surface area (Å²) in [7, 11) is 0. The van der Waals surface area contributed by atoms with Gasteiger partial charge in [-0.1, -0.05) is 431 Å². The van der Waals surface area contributed by atoms with Gasteiger partial charge in [-0.15, -0.1) is 0 Å². The Morgan fingerprint density at radius 1 is 0.122 bits per heavy atom. The van der Waals surface area contributed by atoms with Crippen LogP contribution >= 0.6 is 0 Å². The van der Waals surface area contributed by atoms with E-state index in [4.69, 9.17) is 43.2 Å². The molecular weight excluding hydrogens is 1790 g/mol. The summed E-state index contributed by atoms with van der Waals surface area (Å²) in [6, 6.07) is 173. The fourth-order valence-electron chi connectivity index (χ4n) is 22.2. The summed E-state index contributed by atoms with van der Waals surface area (Å²) in [5.41, 5.74) is 36.4. The Balaban J connectivity index is 0.000000107. The first kappa shape index (κ1) is 85.3. The molecule has 24 aromatic carbocycles. The summed E-state index contributed by atoms with van der Waals surface area (Å²) in [5.74, 6) is 0. The van der Waals surface area contributed by atoms with Crippen LogP contribution in [0.3, 0.4) is 0 Å². The van der Waals surface area contributed by atoms with Crippen LogP contribution in [0.2, 0.25) is 0 Å². The van der Waals surface area contributed by atoms with Crippen molar-refractivity contribution < 1.29 is 13.3 Å². The Bertz CT molecular complexity index is 10400. The zero-order chi connectivity index (χ0) is 96.9. The number of para-hydroxylation sites is 1. The van der Waals surface area contributed by atoms with E-state index in [1.807, 2.05) is 30.7 Å². The number of benzene rings is 24. The average Bonchev–Trinajstić information content (AvgIpc) is 1.39. The largest absolute Gasteiger partial charge is 0.456 e. The molecule has 0 aliphatic carbocycles. The molecule has 0 saturated carbocycles. The molecular formula is C138H84N6O3. The molecule has 0 bridgehead atoms. The second-order valence-corrected chi connectivity index (χ2v) is 37.6. The van der Waals surface area contributed by atoms with Gasteiger partial charge in [-0.3, -0.25) is 15.0 Å². The van der Waals surface area contributed by atoms with Gasteiger partial charge in [0.15, 0.2) is 0 Å². The van der Waals surface area contributed by atoms with E-state index in [1.54, 1.807) is 0 Å². The molecule has 0 aliphatic rings. The molecule has 30 rings (SSSR count). The van der Waals surface area contributed by atoms with Crippen molar-refractivity contribution in [2.75, 3.05) is 0 Å². The molecule has 6 aromatic heterocycles. The third-order valence-electron chi connectivity index (χ3n) is 29.1. The number of nitrogens with zero attached hydrogens (tertiary/aromatic N) is 6. The lowest BCUT2D eigenvalue weighted by Gasteiger charge is -2.14. The smallest absolute Gasteiger partial charge is 0.143 e. The maximum absolute atomic E-state index is 7.02. The van der Waals surface area contributed by atoms with Crippen LogP contribution in [-0.4, -0.2) is 29.9 Å². The first-order valence-corrected chi connectivity index (χ1v) is 49.7. The summed E-state index contributed by atoms with van der Waals surface area (Å²) in [5, 5.41) is 20.3. The van der Waals surface area contributed by atoms with Gasteiger partial charge in [0.25, 0.3) is 0 Å². The van der Waals surface area contributed by atoms with E-state index in [0.717, 1.165) is 254 Å². The second kappa shape index (κ2) is 35.8. The highest BCUT2D eigenvalue weighted by molar-refractivity contribution is 6.27. The van der Waals surface area contributed by atoms with E-state index < -0.39 is 0 Å². The number of furan rings is 3. The summed E-state index contributed by atoms with van der Waals surface area (Å²) in [6.07, 6.45) is 5.78. The third kappa shape index (κ3) is 14.9. The highest BCUT2D eigenvalue weighted by Crippen LogP contribution is 2.51. The molecule has 6 heterocycles. The number of hydrogen-bond donors (Lipinski definition) is 0. The number of hydrogen-bond acceptors (Lipinski definition) is 9. The summed E-state index contributed by atoms with van der Waals surface area (Å²) in [6.45, 7) is 0. The van der Waals surface area contributed by atoms with Gasteiger partial charge in [0.1, 0.15) is 33.5 Å². The van der Waals surface area contributed by atoms with Crippen molar-refractivity contribution >= 4 is 164 Å². The van der Waals surface area contributed by atoms with Gasteiger partial charge in [0.2, 0.25) is 0 Å². The maximum atomic E-state index is 7.02. The first-order chi connectivity index (χ1) is 72.9. The molecule has 0 atom stereocenters. The molecule has 9 nitrogen and oxygen atoms in total. The van der Waals surface area contributed by atoms with E-state index in [0.29, 0.717) is 0 Å². The second-order valence-electron chi connectivity index (χ2n) is 37.6. The van der Waals surface area contributed by atoms with E-state index >= 15 is 0 Å². The van der Waals surface area contributed by atoms with Crippen LogP contribution in [0.5, 0.6) is 0 Å². The van der Waals surface area contributed by atoms with Crippen LogP contribution in [0.15, 0.2) is 523 Å². The quantitative estimate of drug-likeness (QED) is 0.110. The maximum Gasteiger partial charge on any atom is 0.143 e. The molecule has 30 aromatic rings. The van der Waals surface area contributed by atoms with Crippen molar-refractivity contribution in [1.29, 1.82) is 0 Å². The van der Waals surface area contributed by atoms with Crippen LogP contribution < -0.4 is 0 Å². The fraction of sp³-hybridized carbons (Fsp3) is 0. The Morgan fingerprint density at radius 3 is 0.721 bits per heavy atom. The summed E-state index contributed by atoms with van der Waals surface area (Å²) >= 11 is 0. The van der Waals surface area contributed by atoms with Gasteiger partial charge < -0.3 is 13.3 Å². The Kier molecular flexibility index (Phi) is 20.8. The molecule has 0 unspecified atom stereocenters. The van der Waals surface area contributed by atoms with Gasteiger partial charge in [-0.2, -0.15) is 0 Å². The van der Waals surface area contributed by atoms with Crippen molar-refractivity contribution in [1.82, 2.24) is 29.9 Å². The zero-order valence-corrected chi connectivity index (χ0v) is 79.4. The van der Waals surface area contributed by atoms with Crippen LogP contribution in [0.4, 0.5) is 0 Å². The number of fused-ring (bicyclic) bond motifs is 27. The van der Waals surface area contributed by atoms with Crippen molar-refractivity contribution in [3.63, 3.8) is 0 Å². The normalized spacial score (nSPS) is 11.7. The highest BCUT2D eigenvalue weighted by Gasteiger charge is 2.27. The Hall–Kier alpha value is -19.7. The molecule has 0 saturated heterocycles. The van der Waals surface area contributed by atoms with E-state index in [2.05, 4.69) is 479 Å². The molecule has 0 N–H and O–H groups in total. The molecule has 0 fully saturated rings. The van der Waals surface area contributed by atoms with Crippen LogP contribution in [0, 0.1) is 0 Å². The van der Waals surface area contributed by atoms with Crippen molar-refractivity contribution in [3.8, 4) is 134 Å². The van der Waals surface area contributed by atoms with E-state index in [-0.39, 0.29) is 0 Å². The van der Waals surface area contributed by atoms with Gasteiger partial charge >= 0.3 is 0 Å². The van der Waals surface area contributed by atoms with Crippen LogP contribution in [0.25, 0.3) is 297 Å². The van der Waals surface area contributed by atoms with Gasteiger partial charge in [0.05, 0.1) is 68.8 Å². The predicted octanol–water partition coefficient (Wildman–Crippen LogP) is 37.5. The number of rotatable bonds is 12. The summed E-state index contributed by atoms with van der Waals surface area (Å²) in [4.78, 5) is 31.2. The minimum atomic E-state index is 0.833. The molecule has 0 radical (unpaired) electrons. The minimum absolute atomic E-state index is 0.833. The van der Waals surface area contributed by atoms with Crippen LogP contribution in [-0.2, 0) is 0 Å². The topological polar surface area (TPSA) is 117 Å². The average molecular weight is 1870 g/mol. The predicted molar refractivity (Wildman–Crippen MR) is 611 cm³/mol. The van der Waals surface area contributed by atoms with Crippen LogP contribution in [0.1, 0.15) is 0 Å². The first-order valence-electron chi connectivity index (χ1n) is 49.7. The van der Waals surface area contributed by atoms with Crippen molar-refractivity contribution in [2.24, 2.45) is 0 Å². The standard InChI is InChI=1S/C52H32N2O.C46H28N2O.C40H24N2O/c1-4-16-33(17-5-1)36-28-44(34-18-6-2-7-19-34)51-46(29-36)47-31-37(30-45(52(47)55-51)35-20-8-3-9-21-35)38-22-10-13-25-41(38)48-32-53-49-42-26-14-11-23-39(42)40-24-12-15-27-43(40)50(49)54-48;1-3-14-29(15-4-1)33-24-13-25-39-41-27-31(26-40(46(41)49-45(33)39)30-16-5-2-6-17-30)32-18-7-10-21-36(32)42-28-47-43-37-22-11-8-19-34(37)35-20-9-12-23-38(35)44(43)48-42;1-2-10-25(11-3-1)26-18-20-37-34(22-26)35-23-27(19-21-38(35)43-37)28-12-4-7-15-31(28)36-24-41-39-32-16-8-5-13-29(32)30-14-6-9-17-33(30)40(39)42-36/h1-32H;1-28H;1-24H. The van der Waals surface area contributed by atoms with Crippen molar-refractivity contribution in [3.05, 3.63) is 510 Å². The highest BCUT2D eigenvalue weighted by atomic mass is 16.3. The molecule has 0 spiro atoms. The van der Waals surface area contributed by atoms with Crippen molar-refractivity contribution in [2.45, 2.75) is 0 Å². The Labute approximate surface area is 844 Å². The molecule has 684 valence electrons. The molecule has 0 aliphatic heterocycles. The monoisotopic (exact) mass is 1870 g/mol. The molecule has 147 heavy (non-hydrogen) atoms. The Morgan fingerprint density at radius 2 is 0.361 bits per heavy atom. The SMILES string of the molecule is c1ccc(-c2cc(-c3ccccc3)c3oc4c(-c5ccccc5)cc(-c5ccccc5-c5cnc6c7ccccc7c7ccccc7c6n5)cc4c3c2)cc1.c1ccc(-c2ccc3oc4ccc(-c5ccccc5-c5cnc6c7ccccc7c7ccccc7c6n5)cc4c3c2)cc1.c1ccc(-c2cccc3c2oc2c(-c4ccccc4)cc(-c4ccccc4-c4cnc5c6ccccc6c6ccccc6c5n4)cc23)cc1. The molecule has 9 heteroatoms. The third-order valence-corrected chi connectivity index (χ3v) is 29.1. The van der Waals surface area contributed by atoms with Gasteiger partial charge in [0, 0.05) is 104 Å². The lowest BCUT2D eigenvalue weighted by molar-refractivity contribution is 0.669. The zero-order valence-electron chi connectivity index (χ0n) is 79.4. The van der Waals surface area contributed by atoms with Gasteiger partial charge in [-0.05, 0) is 171 Å². The lowest BCUT2D eigenvalue weighted by Crippen LogP contribution is -1.94. The molecule has 0 amide bonds. The summed E-state index contributed by atoms with van der Waals surface area (Å²) < 4.78 is 20.1.